The van der Waals surface area contributed by atoms with Gasteiger partial charge in [0.15, 0.2) is 0 Å². The second kappa shape index (κ2) is 2.95. The zero-order valence-corrected chi connectivity index (χ0v) is 8.07. The van der Waals surface area contributed by atoms with Gasteiger partial charge >= 0.3 is 0 Å². The second-order valence-electron chi connectivity index (χ2n) is 3.22. The predicted octanol–water partition coefficient (Wildman–Crippen LogP) is 0.616. The third-order valence-electron chi connectivity index (χ3n) is 2.34. The molecule has 0 atom stereocenters. The van der Waals surface area contributed by atoms with Gasteiger partial charge in [-0.3, -0.25) is 4.79 Å². The first-order chi connectivity index (χ1) is 6.65. The molecule has 0 amide bonds. The van der Waals surface area contributed by atoms with Gasteiger partial charge in [0.25, 0.3) is 0 Å². The van der Waals surface area contributed by atoms with Gasteiger partial charge in [0.1, 0.15) is 11.0 Å². The van der Waals surface area contributed by atoms with Crippen LogP contribution in [-0.2, 0) is 7.05 Å². The van der Waals surface area contributed by atoms with Crippen molar-refractivity contribution in [1.29, 1.82) is 0 Å². The fourth-order valence-electron chi connectivity index (χ4n) is 1.46. The maximum absolute atomic E-state index is 11.4. The van der Waals surface area contributed by atoms with E-state index in [0.717, 1.165) is 11.2 Å². The molecule has 2 heterocycles. The Balaban J connectivity index is 2.72. The maximum atomic E-state index is 11.4. The highest BCUT2D eigenvalue weighted by molar-refractivity contribution is 6.04. The Bertz CT molecular complexity index is 495. The van der Waals surface area contributed by atoms with Crippen LogP contribution >= 0.6 is 0 Å². The van der Waals surface area contributed by atoms with Crippen LogP contribution in [-0.4, -0.2) is 22.1 Å². The van der Waals surface area contributed by atoms with Gasteiger partial charge < -0.3 is 14.8 Å². The summed E-state index contributed by atoms with van der Waals surface area (Å²) in [6, 6.07) is 1.87. The van der Waals surface area contributed by atoms with Crippen LogP contribution in [0.4, 0.5) is 0 Å². The van der Waals surface area contributed by atoms with Gasteiger partial charge in [-0.2, -0.15) is 0 Å². The topological polar surface area (TPSA) is 74.1 Å². The van der Waals surface area contributed by atoms with Crippen molar-refractivity contribution in [1.82, 2.24) is 9.72 Å². The average Bonchev–Trinajstić information content (AvgIpc) is 2.68. The fourth-order valence-corrected chi connectivity index (χ4v) is 1.46. The summed E-state index contributed by atoms with van der Waals surface area (Å²) in [5, 5.41) is 3.80. The number of hydrogen-bond donors (Lipinski definition) is 1. The molecule has 0 unspecified atom stereocenters. The van der Waals surface area contributed by atoms with Crippen LogP contribution in [0, 0.1) is 6.92 Å². The number of Topliss-reactive ketones (excluding diaryl/α,β-unsaturated/α-hetero) is 1. The molecule has 0 saturated heterocycles. The molecule has 0 aliphatic carbocycles. The predicted molar refractivity (Wildman–Crippen MR) is 51.1 cm³/mol. The number of carbonyl (C=O) groups is 1. The van der Waals surface area contributed by atoms with Crippen molar-refractivity contribution in [3.63, 3.8) is 0 Å². The molecule has 0 aromatic carbocycles. The monoisotopic (exact) mass is 193 g/mol. The fraction of sp³-hybridized carbons (Fsp3) is 0.333. The van der Waals surface area contributed by atoms with E-state index in [1.54, 1.807) is 0 Å². The van der Waals surface area contributed by atoms with Crippen LogP contribution in [0.3, 0.4) is 0 Å². The molecule has 5 heteroatoms. The molecular weight excluding hydrogens is 182 g/mol. The third-order valence-corrected chi connectivity index (χ3v) is 2.34. The average molecular weight is 193 g/mol. The molecule has 2 rings (SSSR count). The summed E-state index contributed by atoms with van der Waals surface area (Å²) in [6.07, 6.45) is 0. The summed E-state index contributed by atoms with van der Waals surface area (Å²) in [4.78, 5) is 11.4. The first kappa shape index (κ1) is 8.96. The van der Waals surface area contributed by atoms with Crippen molar-refractivity contribution >= 4 is 16.8 Å². The maximum Gasteiger partial charge on any atom is 0.228 e. The molecule has 0 bridgehead atoms. The molecule has 74 valence electrons. The number of aryl methyl sites for hydroxylation is 2. The minimum atomic E-state index is -0.228. The normalized spacial score (nSPS) is 11.1. The zero-order chi connectivity index (χ0) is 10.3. The van der Waals surface area contributed by atoms with Crippen molar-refractivity contribution in [3.8, 4) is 0 Å². The molecule has 2 N–H and O–H groups in total. The first-order valence-corrected chi connectivity index (χ1v) is 4.30. The highest BCUT2D eigenvalue weighted by Gasteiger charge is 2.18. The quantitative estimate of drug-likeness (QED) is 0.709. The van der Waals surface area contributed by atoms with E-state index in [1.807, 2.05) is 24.6 Å². The highest BCUT2D eigenvalue weighted by Crippen LogP contribution is 2.21. The van der Waals surface area contributed by atoms with Gasteiger partial charge in [0, 0.05) is 12.7 Å². The van der Waals surface area contributed by atoms with Crippen LogP contribution in [0.15, 0.2) is 10.6 Å². The Morgan fingerprint density at radius 3 is 3.07 bits per heavy atom. The lowest BCUT2D eigenvalue weighted by Crippen LogP contribution is -2.13. The lowest BCUT2D eigenvalue weighted by atomic mass is 10.3. The van der Waals surface area contributed by atoms with Crippen molar-refractivity contribution < 1.29 is 9.32 Å². The van der Waals surface area contributed by atoms with E-state index in [0.29, 0.717) is 5.52 Å². The summed E-state index contributed by atoms with van der Waals surface area (Å²) in [6.45, 7) is 1.88. The standard InChI is InChI=1S/C9H11N3O2/c1-5-3-6-8(12(5)2)9(14-11-6)7(13)4-10/h3H,4,10H2,1-2H3. The molecule has 2 aromatic rings. The molecule has 5 nitrogen and oxygen atoms in total. The molecule has 2 aromatic heterocycles. The van der Waals surface area contributed by atoms with Crippen LogP contribution in [0.1, 0.15) is 16.2 Å². The summed E-state index contributed by atoms with van der Waals surface area (Å²) in [5.41, 5.74) is 7.71. The Labute approximate surface area is 80.5 Å². The summed E-state index contributed by atoms with van der Waals surface area (Å²) < 4.78 is 6.81. The van der Waals surface area contributed by atoms with Crippen molar-refractivity contribution in [3.05, 3.63) is 17.5 Å². The van der Waals surface area contributed by atoms with Crippen molar-refractivity contribution in [2.75, 3.05) is 6.54 Å². The van der Waals surface area contributed by atoms with E-state index in [-0.39, 0.29) is 18.1 Å². The van der Waals surface area contributed by atoms with Gasteiger partial charge in [-0.05, 0) is 13.0 Å². The van der Waals surface area contributed by atoms with E-state index in [2.05, 4.69) is 5.16 Å². The second-order valence-corrected chi connectivity index (χ2v) is 3.22. The van der Waals surface area contributed by atoms with E-state index in [9.17, 15) is 4.79 Å². The van der Waals surface area contributed by atoms with Gasteiger partial charge in [0.05, 0.1) is 6.54 Å². The number of ketones is 1. The number of hydrogen-bond acceptors (Lipinski definition) is 4. The molecule has 14 heavy (non-hydrogen) atoms. The Morgan fingerprint density at radius 1 is 1.71 bits per heavy atom. The number of carbonyl (C=O) groups excluding carboxylic acids is 1. The summed E-state index contributed by atoms with van der Waals surface area (Å²) in [7, 11) is 1.86. The highest BCUT2D eigenvalue weighted by atomic mass is 16.5. The third kappa shape index (κ3) is 1.06. The molecule has 0 fully saturated rings. The van der Waals surface area contributed by atoms with Crippen LogP contribution in [0.2, 0.25) is 0 Å². The minimum absolute atomic E-state index is 0.0610. The number of nitrogens with zero attached hydrogens (tertiary/aromatic N) is 2. The summed E-state index contributed by atoms with van der Waals surface area (Å²) in [5.74, 6) is 0.0202. The zero-order valence-electron chi connectivity index (χ0n) is 8.07. The van der Waals surface area contributed by atoms with E-state index in [4.69, 9.17) is 10.3 Å². The number of fused-ring (bicyclic) bond motifs is 1. The molecule has 0 radical (unpaired) electrons. The first-order valence-electron chi connectivity index (χ1n) is 4.30. The molecule has 0 saturated carbocycles. The lowest BCUT2D eigenvalue weighted by molar-refractivity contribution is 0.0968. The minimum Gasteiger partial charge on any atom is -0.350 e. The van der Waals surface area contributed by atoms with Gasteiger partial charge in [0.2, 0.25) is 11.5 Å². The molecule has 0 aliphatic rings. The number of nitrogens with two attached hydrogens (primary N) is 1. The van der Waals surface area contributed by atoms with Gasteiger partial charge in [-0.1, -0.05) is 5.16 Å². The molecule has 0 aliphatic heterocycles. The van der Waals surface area contributed by atoms with E-state index < -0.39 is 0 Å². The van der Waals surface area contributed by atoms with Crippen molar-refractivity contribution in [2.45, 2.75) is 6.92 Å². The lowest BCUT2D eigenvalue weighted by Gasteiger charge is -1.97. The van der Waals surface area contributed by atoms with Gasteiger partial charge in [-0.25, -0.2) is 0 Å². The molecular formula is C9H11N3O2. The van der Waals surface area contributed by atoms with Crippen molar-refractivity contribution in [2.24, 2.45) is 12.8 Å². The van der Waals surface area contributed by atoms with E-state index in [1.165, 1.54) is 0 Å². The Morgan fingerprint density at radius 2 is 2.43 bits per heavy atom. The van der Waals surface area contributed by atoms with Gasteiger partial charge in [-0.15, -0.1) is 0 Å². The SMILES string of the molecule is Cc1cc2noc(C(=O)CN)c2n1C. The molecule has 0 spiro atoms. The van der Waals surface area contributed by atoms with E-state index >= 15 is 0 Å². The number of aromatic nitrogens is 2. The smallest absolute Gasteiger partial charge is 0.228 e. The van der Waals surface area contributed by atoms with Crippen LogP contribution in [0.5, 0.6) is 0 Å². The Kier molecular flexibility index (Phi) is 1.89. The largest absolute Gasteiger partial charge is 0.350 e. The van der Waals surface area contributed by atoms with Crippen LogP contribution in [0.25, 0.3) is 11.0 Å². The Hall–Kier alpha value is -1.62. The van der Waals surface area contributed by atoms with Crippen LogP contribution < -0.4 is 5.73 Å². The number of rotatable bonds is 2. The summed E-state index contributed by atoms with van der Waals surface area (Å²) >= 11 is 0.